The van der Waals surface area contributed by atoms with Crippen LogP contribution in [0, 0.1) is 12.3 Å². The molecule has 0 saturated carbocycles. The zero-order valence-electron chi connectivity index (χ0n) is 15.2. The first-order chi connectivity index (χ1) is 12.0. The molecule has 2 atom stereocenters. The van der Waals surface area contributed by atoms with E-state index in [1.807, 2.05) is 6.92 Å². The summed E-state index contributed by atoms with van der Waals surface area (Å²) in [4.78, 5) is 19.3. The van der Waals surface area contributed by atoms with Gasteiger partial charge in [-0.15, -0.1) is 0 Å². The highest BCUT2D eigenvalue weighted by molar-refractivity contribution is 5.82. The summed E-state index contributed by atoms with van der Waals surface area (Å²) in [5.74, 6) is 1.55. The van der Waals surface area contributed by atoms with Gasteiger partial charge < -0.3 is 14.2 Å². The zero-order chi connectivity index (χ0) is 17.5. The van der Waals surface area contributed by atoms with E-state index in [1.54, 1.807) is 0 Å². The van der Waals surface area contributed by atoms with Crippen LogP contribution in [0.4, 0.5) is 0 Å². The number of aromatic nitrogens is 2. The molecule has 0 N–H and O–H groups in total. The number of allylic oxidation sites excluding steroid dienone is 2. The van der Waals surface area contributed by atoms with Gasteiger partial charge in [-0.3, -0.25) is 4.79 Å². The molecule has 25 heavy (non-hydrogen) atoms. The number of piperidine rings is 1. The van der Waals surface area contributed by atoms with Gasteiger partial charge in [0.2, 0.25) is 5.91 Å². The van der Waals surface area contributed by atoms with Gasteiger partial charge in [-0.05, 0) is 51.9 Å². The molecule has 136 valence electrons. The maximum Gasteiger partial charge on any atom is 0.255 e. The van der Waals surface area contributed by atoms with E-state index in [9.17, 15) is 4.79 Å². The van der Waals surface area contributed by atoms with Crippen molar-refractivity contribution in [3.05, 3.63) is 23.9 Å². The van der Waals surface area contributed by atoms with Gasteiger partial charge in [-0.25, -0.2) is 0 Å². The van der Waals surface area contributed by atoms with Gasteiger partial charge >= 0.3 is 0 Å². The molecule has 2 saturated heterocycles. The van der Waals surface area contributed by atoms with Crippen LogP contribution < -0.4 is 0 Å². The fourth-order valence-corrected chi connectivity index (χ4v) is 4.46. The van der Waals surface area contributed by atoms with Gasteiger partial charge in [-0.1, -0.05) is 24.2 Å². The second kappa shape index (κ2) is 6.24. The molecule has 6 nitrogen and oxygen atoms in total. The summed E-state index contributed by atoms with van der Waals surface area (Å²) in [5.41, 5.74) is -0.350. The maximum atomic E-state index is 13.0. The monoisotopic (exact) mass is 345 g/mol. The number of ether oxygens (including phenoxy) is 1. The molecule has 1 aromatic heterocycles. The van der Waals surface area contributed by atoms with Crippen molar-refractivity contribution in [1.82, 2.24) is 15.0 Å². The Morgan fingerprint density at radius 3 is 2.68 bits per heavy atom. The molecule has 3 aliphatic rings. The Morgan fingerprint density at radius 1 is 1.24 bits per heavy atom. The van der Waals surface area contributed by atoms with E-state index in [1.165, 1.54) is 0 Å². The normalized spacial score (nSPS) is 31.6. The lowest BCUT2D eigenvalue weighted by molar-refractivity contribution is -0.148. The SMILES string of the molecule is Cc1noc(C2CCC3(CCN(C(=O)C4(C)CC=CCC4)CC3)O2)n1. The van der Waals surface area contributed by atoms with Crippen LogP contribution in [0.2, 0.25) is 0 Å². The number of likely N-dealkylation sites (tertiary alicyclic amines) is 1. The van der Waals surface area contributed by atoms with Crippen molar-refractivity contribution >= 4 is 5.91 Å². The van der Waals surface area contributed by atoms with Crippen molar-refractivity contribution in [1.29, 1.82) is 0 Å². The highest BCUT2D eigenvalue weighted by Gasteiger charge is 2.46. The number of nitrogens with zero attached hydrogens (tertiary/aromatic N) is 3. The highest BCUT2D eigenvalue weighted by atomic mass is 16.5. The number of carbonyl (C=O) groups excluding carboxylic acids is 1. The molecule has 2 fully saturated rings. The smallest absolute Gasteiger partial charge is 0.255 e. The lowest BCUT2D eigenvalue weighted by atomic mass is 9.77. The van der Waals surface area contributed by atoms with Crippen LogP contribution >= 0.6 is 0 Å². The average molecular weight is 345 g/mol. The van der Waals surface area contributed by atoms with E-state index in [0.29, 0.717) is 17.6 Å². The molecule has 2 aliphatic heterocycles. The van der Waals surface area contributed by atoms with Gasteiger partial charge in [0.1, 0.15) is 6.10 Å². The van der Waals surface area contributed by atoms with E-state index >= 15 is 0 Å². The number of hydrogen-bond acceptors (Lipinski definition) is 5. The largest absolute Gasteiger partial charge is 0.362 e. The molecule has 1 spiro atoms. The van der Waals surface area contributed by atoms with Crippen molar-refractivity contribution in [2.24, 2.45) is 5.41 Å². The topological polar surface area (TPSA) is 68.5 Å². The fourth-order valence-electron chi connectivity index (χ4n) is 4.46. The summed E-state index contributed by atoms with van der Waals surface area (Å²) in [6, 6.07) is 0. The molecule has 0 radical (unpaired) electrons. The van der Waals surface area contributed by atoms with Crippen LogP contribution in [-0.4, -0.2) is 39.6 Å². The Bertz CT molecular complexity index is 675. The summed E-state index contributed by atoms with van der Waals surface area (Å²) in [5, 5.41) is 3.86. The third-order valence-corrected chi connectivity index (χ3v) is 6.15. The zero-order valence-corrected chi connectivity index (χ0v) is 15.2. The third-order valence-electron chi connectivity index (χ3n) is 6.15. The quantitative estimate of drug-likeness (QED) is 0.769. The summed E-state index contributed by atoms with van der Waals surface area (Å²) in [6.07, 6.45) is 10.8. The van der Waals surface area contributed by atoms with Crippen LogP contribution in [-0.2, 0) is 9.53 Å². The Hall–Kier alpha value is -1.69. The predicted octanol–water partition coefficient (Wildman–Crippen LogP) is 3.34. The van der Waals surface area contributed by atoms with Gasteiger partial charge in [0, 0.05) is 13.1 Å². The molecular weight excluding hydrogens is 318 g/mol. The standard InChI is InChI=1S/C19H27N3O3/c1-14-20-16(25-21-14)15-6-9-19(24-15)10-12-22(13-11-19)17(23)18(2)7-4-3-5-8-18/h3-4,15H,5-13H2,1-2H3. The van der Waals surface area contributed by atoms with Gasteiger partial charge in [0.15, 0.2) is 5.82 Å². The van der Waals surface area contributed by atoms with Crippen LogP contribution in [0.5, 0.6) is 0 Å². The maximum absolute atomic E-state index is 13.0. The van der Waals surface area contributed by atoms with E-state index in [0.717, 1.165) is 58.0 Å². The lowest BCUT2D eigenvalue weighted by Crippen LogP contribution is -2.50. The summed E-state index contributed by atoms with van der Waals surface area (Å²) >= 11 is 0. The second-order valence-electron chi connectivity index (χ2n) is 8.08. The van der Waals surface area contributed by atoms with Crippen molar-refractivity contribution < 1.29 is 14.1 Å². The number of hydrogen-bond donors (Lipinski definition) is 0. The number of amides is 1. The van der Waals surface area contributed by atoms with E-state index < -0.39 is 0 Å². The minimum absolute atomic E-state index is 0.0931. The Labute approximate surface area is 148 Å². The van der Waals surface area contributed by atoms with Gasteiger partial charge in [-0.2, -0.15) is 4.98 Å². The first-order valence-corrected chi connectivity index (χ1v) is 9.42. The highest BCUT2D eigenvalue weighted by Crippen LogP contribution is 2.45. The molecule has 2 unspecified atom stereocenters. The van der Waals surface area contributed by atoms with Gasteiger partial charge in [0.05, 0.1) is 11.0 Å². The van der Waals surface area contributed by atoms with Crippen molar-refractivity contribution in [2.45, 2.75) is 70.5 Å². The minimum Gasteiger partial charge on any atom is -0.362 e. The van der Waals surface area contributed by atoms with Crippen LogP contribution in [0.15, 0.2) is 16.7 Å². The first kappa shape index (κ1) is 16.8. The Kier molecular flexibility index (Phi) is 4.18. The molecule has 6 heteroatoms. The molecule has 1 amide bonds. The molecular formula is C19H27N3O3. The number of aryl methyl sites for hydroxylation is 1. The molecule has 3 heterocycles. The second-order valence-corrected chi connectivity index (χ2v) is 8.08. The molecule has 1 aliphatic carbocycles. The van der Waals surface area contributed by atoms with Gasteiger partial charge in [0.25, 0.3) is 5.89 Å². The third kappa shape index (κ3) is 3.12. The molecule has 4 rings (SSSR count). The molecule has 0 aromatic carbocycles. The number of carbonyl (C=O) groups is 1. The Balaban J connectivity index is 1.37. The molecule has 1 aromatic rings. The average Bonchev–Trinajstić information content (AvgIpc) is 3.23. The summed E-state index contributed by atoms with van der Waals surface area (Å²) in [6.45, 7) is 5.51. The number of rotatable bonds is 2. The van der Waals surface area contributed by atoms with Crippen LogP contribution in [0.3, 0.4) is 0 Å². The van der Waals surface area contributed by atoms with Crippen molar-refractivity contribution in [2.75, 3.05) is 13.1 Å². The summed E-state index contributed by atoms with van der Waals surface area (Å²) < 4.78 is 11.6. The minimum atomic E-state index is -0.223. The fraction of sp³-hybridized carbons (Fsp3) is 0.737. The van der Waals surface area contributed by atoms with E-state index in [-0.39, 0.29) is 17.1 Å². The molecule has 0 bridgehead atoms. The summed E-state index contributed by atoms with van der Waals surface area (Å²) in [7, 11) is 0. The predicted molar refractivity (Wildman–Crippen MR) is 91.7 cm³/mol. The van der Waals surface area contributed by atoms with E-state index in [2.05, 4.69) is 34.1 Å². The van der Waals surface area contributed by atoms with Crippen LogP contribution in [0.25, 0.3) is 0 Å². The Morgan fingerprint density at radius 2 is 2.04 bits per heavy atom. The van der Waals surface area contributed by atoms with Crippen LogP contribution in [0.1, 0.15) is 69.7 Å². The first-order valence-electron chi connectivity index (χ1n) is 9.42. The lowest BCUT2D eigenvalue weighted by Gasteiger charge is -2.42. The van der Waals surface area contributed by atoms with Crippen molar-refractivity contribution in [3.63, 3.8) is 0 Å². The van der Waals surface area contributed by atoms with Crippen molar-refractivity contribution in [3.8, 4) is 0 Å². The van der Waals surface area contributed by atoms with E-state index in [4.69, 9.17) is 9.26 Å².